The van der Waals surface area contributed by atoms with Gasteiger partial charge in [-0.2, -0.15) is 0 Å². The molecule has 0 aromatic carbocycles. The van der Waals surface area contributed by atoms with Crippen LogP contribution in [-0.4, -0.2) is 74.0 Å². The Hall–Kier alpha value is -1.59. The molecular formula is C16H24N2O5S. The number of carbonyl (C=O) groups is 2. The zero-order chi connectivity index (χ0) is 17.8. The van der Waals surface area contributed by atoms with Gasteiger partial charge < -0.3 is 14.5 Å². The summed E-state index contributed by atoms with van der Waals surface area (Å²) in [6.07, 6.45) is 7.25. The first-order valence-electron chi connectivity index (χ1n) is 8.11. The number of amides is 2. The molecule has 1 spiro atoms. The Balaban J connectivity index is 2.07. The molecular weight excluding hydrogens is 332 g/mol. The molecule has 2 rings (SSSR count). The lowest BCUT2D eigenvalue weighted by Crippen LogP contribution is -2.57. The van der Waals surface area contributed by atoms with Crippen LogP contribution in [0, 0.1) is 12.3 Å². The number of likely N-dealkylation sites (tertiary alicyclic amines) is 1. The van der Waals surface area contributed by atoms with Crippen molar-refractivity contribution < 1.29 is 22.7 Å². The third-order valence-corrected chi connectivity index (χ3v) is 7.23. The summed E-state index contributed by atoms with van der Waals surface area (Å²) in [5.74, 6) is 1.67. The molecule has 2 aliphatic rings. The molecule has 0 bridgehead atoms. The molecule has 24 heavy (non-hydrogen) atoms. The number of ether oxygens (including phenoxy) is 1. The third-order valence-electron chi connectivity index (χ3n) is 4.81. The smallest absolute Gasteiger partial charge is 0.239 e. The van der Waals surface area contributed by atoms with Crippen LogP contribution in [0.25, 0.3) is 0 Å². The van der Waals surface area contributed by atoms with E-state index in [1.807, 2.05) is 0 Å². The molecule has 8 heteroatoms. The molecule has 0 unspecified atom stereocenters. The number of piperidine rings is 1. The van der Waals surface area contributed by atoms with Gasteiger partial charge in [0.05, 0.1) is 6.61 Å². The minimum Gasteiger partial charge on any atom is -0.383 e. The van der Waals surface area contributed by atoms with Crippen LogP contribution in [0.2, 0.25) is 0 Å². The number of hydrogen-bond acceptors (Lipinski definition) is 5. The third kappa shape index (κ3) is 3.42. The minimum atomic E-state index is -3.55. The summed E-state index contributed by atoms with van der Waals surface area (Å²) in [7, 11) is -2.04. The molecule has 0 aromatic rings. The zero-order valence-corrected chi connectivity index (χ0v) is 14.8. The molecule has 2 aliphatic heterocycles. The maximum absolute atomic E-state index is 12.6. The van der Waals surface area contributed by atoms with Crippen LogP contribution in [0.3, 0.4) is 0 Å². The molecule has 2 saturated heterocycles. The van der Waals surface area contributed by atoms with Crippen molar-refractivity contribution in [3.05, 3.63) is 0 Å². The Kier molecular flexibility index (Phi) is 5.88. The summed E-state index contributed by atoms with van der Waals surface area (Å²) in [5, 5.41) is 0. The average Bonchev–Trinajstić information content (AvgIpc) is 2.72. The normalized spacial score (nSPS) is 21.9. The topological polar surface area (TPSA) is 84.0 Å². The zero-order valence-electron chi connectivity index (χ0n) is 14.0. The Labute approximate surface area is 143 Å². The van der Waals surface area contributed by atoms with Crippen molar-refractivity contribution in [1.29, 1.82) is 0 Å². The molecule has 0 N–H and O–H groups in total. The van der Waals surface area contributed by atoms with Crippen LogP contribution in [0.15, 0.2) is 0 Å². The average molecular weight is 356 g/mol. The highest BCUT2D eigenvalue weighted by molar-refractivity contribution is 7.93. The number of rotatable bonds is 6. The van der Waals surface area contributed by atoms with Gasteiger partial charge in [-0.15, -0.1) is 12.3 Å². The quantitative estimate of drug-likeness (QED) is 0.495. The molecule has 0 atom stereocenters. The highest BCUT2D eigenvalue weighted by Gasteiger charge is 2.58. The van der Waals surface area contributed by atoms with Gasteiger partial charge in [0, 0.05) is 52.4 Å². The standard InChI is InChI=1S/C16H24N2O5S/c1-3-4-5-6-14(19)17-9-7-16(8-10-17)18(11-12-23-2)15(20)13-24(16,21)22/h1H,4-13H2,2H3. The highest BCUT2D eigenvalue weighted by Crippen LogP contribution is 2.39. The monoisotopic (exact) mass is 356 g/mol. The summed E-state index contributed by atoms with van der Waals surface area (Å²) in [4.78, 5) is 26.2. The maximum atomic E-state index is 12.6. The first-order valence-corrected chi connectivity index (χ1v) is 9.76. The van der Waals surface area contributed by atoms with Crippen molar-refractivity contribution in [3.63, 3.8) is 0 Å². The second-order valence-electron chi connectivity index (χ2n) is 6.18. The minimum absolute atomic E-state index is 0.00902. The number of methoxy groups -OCH3 is 1. The number of hydrogen-bond donors (Lipinski definition) is 0. The van der Waals surface area contributed by atoms with Crippen molar-refractivity contribution in [2.45, 2.75) is 37.0 Å². The second-order valence-corrected chi connectivity index (χ2v) is 8.46. The number of unbranched alkanes of at least 4 members (excludes halogenated alkanes) is 1. The van der Waals surface area contributed by atoms with E-state index in [9.17, 15) is 18.0 Å². The lowest BCUT2D eigenvalue weighted by atomic mass is 10.0. The first-order chi connectivity index (χ1) is 11.4. The maximum Gasteiger partial charge on any atom is 0.239 e. The van der Waals surface area contributed by atoms with Crippen LogP contribution in [0.1, 0.15) is 32.1 Å². The molecule has 7 nitrogen and oxygen atoms in total. The number of terminal acetylenes is 1. The summed E-state index contributed by atoms with van der Waals surface area (Å²) in [6, 6.07) is 0. The Bertz CT molecular complexity index is 629. The molecule has 0 radical (unpaired) electrons. The van der Waals surface area contributed by atoms with Gasteiger partial charge in [-0.1, -0.05) is 0 Å². The number of nitrogens with zero attached hydrogens (tertiary/aromatic N) is 2. The van der Waals surface area contributed by atoms with Crippen molar-refractivity contribution in [1.82, 2.24) is 9.80 Å². The predicted molar refractivity (Wildman–Crippen MR) is 88.6 cm³/mol. The van der Waals surface area contributed by atoms with Gasteiger partial charge in [-0.25, -0.2) is 8.42 Å². The van der Waals surface area contributed by atoms with Crippen LogP contribution in [0.4, 0.5) is 0 Å². The van der Waals surface area contributed by atoms with E-state index in [0.717, 1.165) is 0 Å². The Morgan fingerprint density at radius 3 is 2.62 bits per heavy atom. The van der Waals surface area contributed by atoms with Crippen LogP contribution < -0.4 is 0 Å². The first kappa shape index (κ1) is 18.7. The number of carbonyl (C=O) groups excluding carboxylic acids is 2. The van der Waals surface area contributed by atoms with Crippen molar-refractivity contribution >= 4 is 21.7 Å². The molecule has 134 valence electrons. The summed E-state index contributed by atoms with van der Waals surface area (Å²) < 4.78 is 30.2. The van der Waals surface area contributed by atoms with E-state index in [-0.39, 0.29) is 37.8 Å². The van der Waals surface area contributed by atoms with Crippen molar-refractivity contribution in [2.75, 3.05) is 39.1 Å². The Morgan fingerprint density at radius 2 is 2.04 bits per heavy atom. The van der Waals surface area contributed by atoms with Crippen LogP contribution in [0.5, 0.6) is 0 Å². The van der Waals surface area contributed by atoms with Crippen molar-refractivity contribution in [2.24, 2.45) is 0 Å². The molecule has 2 heterocycles. The second kappa shape index (κ2) is 7.53. The fourth-order valence-corrected chi connectivity index (χ4v) is 5.55. The van der Waals surface area contributed by atoms with E-state index in [0.29, 0.717) is 32.4 Å². The molecule has 2 amide bonds. The molecule has 0 aliphatic carbocycles. The van der Waals surface area contributed by atoms with E-state index in [1.54, 1.807) is 4.90 Å². The van der Waals surface area contributed by atoms with E-state index in [2.05, 4.69) is 5.92 Å². The van der Waals surface area contributed by atoms with E-state index in [1.165, 1.54) is 12.0 Å². The van der Waals surface area contributed by atoms with Gasteiger partial charge >= 0.3 is 0 Å². The summed E-state index contributed by atoms with van der Waals surface area (Å²) in [5.41, 5.74) is 0. The fraction of sp³-hybridized carbons (Fsp3) is 0.750. The SMILES string of the molecule is C#CCCCC(=O)N1CCC2(CC1)N(CCOC)C(=O)CS2(=O)=O. The van der Waals surface area contributed by atoms with Gasteiger partial charge in [0.1, 0.15) is 10.6 Å². The molecule has 2 fully saturated rings. The molecule has 0 saturated carbocycles. The fourth-order valence-electron chi connectivity index (χ4n) is 3.47. The Morgan fingerprint density at radius 1 is 1.38 bits per heavy atom. The van der Waals surface area contributed by atoms with E-state index < -0.39 is 20.5 Å². The summed E-state index contributed by atoms with van der Waals surface area (Å²) >= 11 is 0. The van der Waals surface area contributed by atoms with Gasteiger partial charge in [-0.3, -0.25) is 9.59 Å². The van der Waals surface area contributed by atoms with E-state index >= 15 is 0 Å². The van der Waals surface area contributed by atoms with E-state index in [4.69, 9.17) is 11.2 Å². The largest absolute Gasteiger partial charge is 0.383 e. The predicted octanol–water partition coefficient (Wildman–Crippen LogP) is 0.0120. The highest BCUT2D eigenvalue weighted by atomic mass is 32.2. The van der Waals surface area contributed by atoms with Gasteiger partial charge in [0.25, 0.3) is 0 Å². The number of sulfone groups is 1. The van der Waals surface area contributed by atoms with Crippen LogP contribution in [-0.2, 0) is 24.2 Å². The lowest BCUT2D eigenvalue weighted by molar-refractivity contribution is -0.135. The molecule has 0 aromatic heterocycles. The van der Waals surface area contributed by atoms with Crippen molar-refractivity contribution in [3.8, 4) is 12.3 Å². The lowest BCUT2D eigenvalue weighted by Gasteiger charge is -2.43. The van der Waals surface area contributed by atoms with Gasteiger partial charge in [0.15, 0.2) is 9.84 Å². The van der Waals surface area contributed by atoms with Gasteiger partial charge in [-0.05, 0) is 6.42 Å². The summed E-state index contributed by atoms with van der Waals surface area (Å²) in [6.45, 7) is 1.22. The van der Waals surface area contributed by atoms with Crippen LogP contribution >= 0.6 is 0 Å². The van der Waals surface area contributed by atoms with Gasteiger partial charge in [0.2, 0.25) is 11.8 Å².